The quantitative estimate of drug-likeness (QED) is 0.290. The molecule has 0 radical (unpaired) electrons. The molecule has 2 amide bonds. The molecule has 0 unspecified atom stereocenters. The Morgan fingerprint density at radius 1 is 1.14 bits per heavy atom. The van der Waals surface area contributed by atoms with Gasteiger partial charge in [0.05, 0.1) is 37.0 Å². The molecule has 1 aliphatic heterocycles. The van der Waals surface area contributed by atoms with Crippen molar-refractivity contribution in [2.75, 3.05) is 45.7 Å². The Bertz CT molecular complexity index is 1360. The Morgan fingerprint density at radius 2 is 1.97 bits per heavy atom. The minimum Gasteiger partial charge on any atom is -0.496 e. The summed E-state index contributed by atoms with van der Waals surface area (Å²) >= 11 is 0. The van der Waals surface area contributed by atoms with Crippen molar-refractivity contribution in [3.63, 3.8) is 0 Å². The third-order valence-electron chi connectivity index (χ3n) is 6.62. The lowest BCUT2D eigenvalue weighted by Gasteiger charge is -2.26. The van der Waals surface area contributed by atoms with Crippen molar-refractivity contribution >= 4 is 33.7 Å². The lowest BCUT2D eigenvalue weighted by atomic mass is 10.1. The van der Waals surface area contributed by atoms with Crippen LogP contribution in [0.15, 0.2) is 48.7 Å². The van der Waals surface area contributed by atoms with E-state index in [1.54, 1.807) is 18.2 Å². The average molecular weight is 489 g/mol. The van der Waals surface area contributed by atoms with Crippen molar-refractivity contribution in [1.82, 2.24) is 24.8 Å². The van der Waals surface area contributed by atoms with Gasteiger partial charge in [-0.05, 0) is 31.0 Å². The zero-order valence-electron chi connectivity index (χ0n) is 20.6. The zero-order chi connectivity index (χ0) is 24.9. The van der Waals surface area contributed by atoms with Crippen LogP contribution in [0.4, 0.5) is 10.5 Å². The first-order valence-electron chi connectivity index (χ1n) is 12.4. The molecule has 1 fully saturated rings. The molecule has 188 valence electrons. The van der Waals surface area contributed by atoms with E-state index in [2.05, 4.69) is 20.9 Å². The van der Waals surface area contributed by atoms with Crippen LogP contribution in [0.5, 0.6) is 5.75 Å². The number of carbonyl (C=O) groups is 1. The molecule has 0 saturated carbocycles. The molecule has 0 atom stereocenters. The fourth-order valence-corrected chi connectivity index (χ4v) is 4.77. The minimum atomic E-state index is -0.0220. The van der Waals surface area contributed by atoms with Crippen molar-refractivity contribution in [2.45, 2.75) is 25.8 Å². The molecule has 4 aromatic rings. The summed E-state index contributed by atoms with van der Waals surface area (Å²) in [6, 6.07) is 13.9. The molecule has 0 bridgehead atoms. The summed E-state index contributed by atoms with van der Waals surface area (Å²) in [6.45, 7) is 3.83. The highest BCUT2D eigenvalue weighted by Crippen LogP contribution is 2.31. The first kappa shape index (κ1) is 23.9. The standard InChI is InChI=1S/C27H32N6O3/c1-35-22-9-3-2-7-19(22)18-23-31-25-21(28)17-20-8-6-11-29-24(20)26(25)33(23)12-5-4-10-30-27(34)32-13-15-36-16-14-32/h2-3,6-9,11,17H,4-5,10,12-16,18,28H2,1H3,(H,30,34). The number of anilines is 1. The SMILES string of the molecule is COc1ccccc1Cc1nc2c(N)cc3cccnc3c2n1CCCCNC(=O)N1CCOCC1. The second-order valence-electron chi connectivity index (χ2n) is 8.94. The van der Waals surface area contributed by atoms with Crippen LogP contribution in [0.1, 0.15) is 24.2 Å². The van der Waals surface area contributed by atoms with Crippen LogP contribution in [0, 0.1) is 0 Å². The Hall–Kier alpha value is -3.85. The number of rotatable bonds is 8. The number of aryl methyl sites for hydroxylation is 1. The second-order valence-corrected chi connectivity index (χ2v) is 8.94. The third kappa shape index (κ3) is 4.92. The van der Waals surface area contributed by atoms with E-state index in [1.807, 2.05) is 36.4 Å². The highest BCUT2D eigenvalue weighted by Gasteiger charge is 2.19. The van der Waals surface area contributed by atoms with Gasteiger partial charge in [-0.3, -0.25) is 4.98 Å². The van der Waals surface area contributed by atoms with Gasteiger partial charge >= 0.3 is 6.03 Å². The number of hydrogen-bond acceptors (Lipinski definition) is 6. The van der Waals surface area contributed by atoms with Gasteiger partial charge in [0.15, 0.2) is 0 Å². The van der Waals surface area contributed by atoms with Gasteiger partial charge in [-0.1, -0.05) is 24.3 Å². The number of imidazole rings is 1. The number of nitrogens with one attached hydrogen (secondary N) is 1. The van der Waals surface area contributed by atoms with Gasteiger partial charge in [0.2, 0.25) is 0 Å². The van der Waals surface area contributed by atoms with E-state index in [0.29, 0.717) is 45.0 Å². The van der Waals surface area contributed by atoms with Gasteiger partial charge in [0.1, 0.15) is 17.1 Å². The van der Waals surface area contributed by atoms with Crippen LogP contribution < -0.4 is 15.8 Å². The smallest absolute Gasteiger partial charge is 0.317 e. The van der Waals surface area contributed by atoms with E-state index >= 15 is 0 Å². The second kappa shape index (κ2) is 10.8. The van der Waals surface area contributed by atoms with E-state index in [9.17, 15) is 4.79 Å². The zero-order valence-corrected chi connectivity index (χ0v) is 20.6. The van der Waals surface area contributed by atoms with E-state index in [-0.39, 0.29) is 6.03 Å². The summed E-state index contributed by atoms with van der Waals surface area (Å²) in [5.74, 6) is 1.74. The summed E-state index contributed by atoms with van der Waals surface area (Å²) < 4.78 is 13.1. The number of nitrogen functional groups attached to an aromatic ring is 1. The molecule has 9 heteroatoms. The normalized spacial score (nSPS) is 13.9. The highest BCUT2D eigenvalue weighted by molar-refractivity contribution is 6.07. The number of hydrogen-bond donors (Lipinski definition) is 2. The van der Waals surface area contributed by atoms with Crippen LogP contribution >= 0.6 is 0 Å². The number of unbranched alkanes of at least 4 members (excludes halogenated alkanes) is 1. The summed E-state index contributed by atoms with van der Waals surface area (Å²) in [7, 11) is 1.68. The number of para-hydroxylation sites is 1. The molecule has 2 aromatic heterocycles. The maximum atomic E-state index is 12.4. The molecule has 5 rings (SSSR count). The van der Waals surface area contributed by atoms with E-state index in [4.69, 9.17) is 20.2 Å². The number of benzene rings is 2. The molecule has 2 aromatic carbocycles. The van der Waals surface area contributed by atoms with Crippen LogP contribution in [0.2, 0.25) is 0 Å². The molecule has 0 aliphatic carbocycles. The summed E-state index contributed by atoms with van der Waals surface area (Å²) in [5.41, 5.74) is 10.8. The molecular weight excluding hydrogens is 456 g/mol. The highest BCUT2D eigenvalue weighted by atomic mass is 16.5. The van der Waals surface area contributed by atoms with Crippen LogP contribution in [-0.2, 0) is 17.7 Å². The Labute approximate surface area is 210 Å². The van der Waals surface area contributed by atoms with Gasteiger partial charge in [-0.25, -0.2) is 9.78 Å². The van der Waals surface area contributed by atoms with Crippen molar-refractivity contribution in [2.24, 2.45) is 0 Å². The predicted octanol–water partition coefficient (Wildman–Crippen LogP) is 3.59. The van der Waals surface area contributed by atoms with E-state index in [0.717, 1.165) is 58.5 Å². The maximum Gasteiger partial charge on any atom is 0.317 e. The molecular formula is C27H32N6O3. The van der Waals surface area contributed by atoms with Gasteiger partial charge in [0.25, 0.3) is 0 Å². The Balaban J connectivity index is 1.39. The first-order chi connectivity index (χ1) is 17.7. The number of urea groups is 1. The summed E-state index contributed by atoms with van der Waals surface area (Å²) in [5, 5.41) is 4.03. The number of nitrogens with zero attached hydrogens (tertiary/aromatic N) is 4. The summed E-state index contributed by atoms with van der Waals surface area (Å²) in [6.07, 6.45) is 4.13. The number of aromatic nitrogens is 3. The minimum absolute atomic E-state index is 0.0220. The van der Waals surface area contributed by atoms with E-state index < -0.39 is 0 Å². The topological polar surface area (TPSA) is 108 Å². The predicted molar refractivity (Wildman–Crippen MR) is 140 cm³/mol. The molecule has 0 spiro atoms. The molecule has 3 heterocycles. The molecule has 1 aliphatic rings. The number of ether oxygens (including phenoxy) is 2. The lowest BCUT2D eigenvalue weighted by molar-refractivity contribution is 0.0532. The third-order valence-corrected chi connectivity index (χ3v) is 6.62. The van der Waals surface area contributed by atoms with Gasteiger partial charge < -0.3 is 30.0 Å². The average Bonchev–Trinajstić information content (AvgIpc) is 3.28. The number of nitrogens with two attached hydrogens (primary N) is 1. The van der Waals surface area contributed by atoms with Gasteiger partial charge in [0, 0.05) is 49.7 Å². The number of amides is 2. The Kier molecular flexibility index (Phi) is 7.18. The van der Waals surface area contributed by atoms with Gasteiger partial charge in [-0.2, -0.15) is 0 Å². The maximum absolute atomic E-state index is 12.4. The summed E-state index contributed by atoms with van der Waals surface area (Å²) in [4.78, 5) is 23.8. The van der Waals surface area contributed by atoms with Crippen molar-refractivity contribution in [3.8, 4) is 5.75 Å². The van der Waals surface area contributed by atoms with Crippen molar-refractivity contribution in [3.05, 3.63) is 60.0 Å². The number of carbonyl (C=O) groups excluding carboxylic acids is 1. The fourth-order valence-electron chi connectivity index (χ4n) is 4.77. The largest absolute Gasteiger partial charge is 0.496 e. The monoisotopic (exact) mass is 488 g/mol. The Morgan fingerprint density at radius 3 is 2.81 bits per heavy atom. The van der Waals surface area contributed by atoms with E-state index in [1.165, 1.54) is 0 Å². The van der Waals surface area contributed by atoms with Crippen LogP contribution in [0.3, 0.4) is 0 Å². The number of pyridine rings is 1. The molecule has 3 N–H and O–H groups in total. The number of morpholine rings is 1. The van der Waals surface area contributed by atoms with Crippen LogP contribution in [-0.4, -0.2) is 65.4 Å². The first-order valence-corrected chi connectivity index (χ1v) is 12.4. The van der Waals surface area contributed by atoms with Crippen molar-refractivity contribution in [1.29, 1.82) is 0 Å². The fraction of sp³-hybridized carbons (Fsp3) is 0.370. The van der Waals surface area contributed by atoms with Crippen LogP contribution in [0.25, 0.3) is 21.9 Å². The lowest BCUT2D eigenvalue weighted by Crippen LogP contribution is -2.46. The number of fused-ring (bicyclic) bond motifs is 3. The molecule has 36 heavy (non-hydrogen) atoms. The molecule has 1 saturated heterocycles. The van der Waals surface area contributed by atoms with Gasteiger partial charge in [-0.15, -0.1) is 0 Å². The molecule has 9 nitrogen and oxygen atoms in total. The number of methoxy groups -OCH3 is 1. The van der Waals surface area contributed by atoms with Crippen molar-refractivity contribution < 1.29 is 14.3 Å².